The molecule has 1 atom stereocenters. The zero-order valence-electron chi connectivity index (χ0n) is 16.3. The monoisotopic (exact) mass is 416 g/mol. The maximum atomic E-state index is 12.9. The summed E-state index contributed by atoms with van der Waals surface area (Å²) in [6.45, 7) is 1.30. The predicted molar refractivity (Wildman–Crippen MR) is 110 cm³/mol. The van der Waals surface area contributed by atoms with Crippen molar-refractivity contribution in [2.24, 2.45) is 0 Å². The molecule has 1 aromatic heterocycles. The highest BCUT2D eigenvalue weighted by molar-refractivity contribution is 7.98. The summed E-state index contributed by atoms with van der Waals surface area (Å²) < 4.78 is 12.4. The van der Waals surface area contributed by atoms with Crippen molar-refractivity contribution < 1.29 is 19.1 Å². The minimum absolute atomic E-state index is 0.0475. The minimum atomic E-state index is -0.289. The van der Waals surface area contributed by atoms with Crippen molar-refractivity contribution in [1.29, 1.82) is 0 Å². The number of carbonyl (C=O) groups is 2. The van der Waals surface area contributed by atoms with Gasteiger partial charge in [-0.25, -0.2) is 4.68 Å². The summed E-state index contributed by atoms with van der Waals surface area (Å²) in [5.41, 5.74) is 2.33. The van der Waals surface area contributed by atoms with E-state index in [2.05, 4.69) is 15.7 Å². The number of nitrogens with one attached hydrogen (secondary N) is 2. The van der Waals surface area contributed by atoms with Crippen molar-refractivity contribution in [3.8, 4) is 5.75 Å². The summed E-state index contributed by atoms with van der Waals surface area (Å²) in [4.78, 5) is 25.3. The molecule has 2 aliphatic rings. The van der Waals surface area contributed by atoms with E-state index in [0.29, 0.717) is 23.7 Å². The Morgan fingerprint density at radius 1 is 1.34 bits per heavy atom. The van der Waals surface area contributed by atoms with E-state index in [1.165, 1.54) is 7.11 Å². The van der Waals surface area contributed by atoms with Gasteiger partial charge in [-0.3, -0.25) is 9.59 Å². The van der Waals surface area contributed by atoms with Crippen LogP contribution in [0.2, 0.25) is 0 Å². The van der Waals surface area contributed by atoms with Crippen LogP contribution in [-0.4, -0.2) is 48.0 Å². The number of methoxy groups -OCH3 is 1. The Balaban J connectivity index is 1.49. The second-order valence-corrected chi connectivity index (χ2v) is 8.00. The van der Waals surface area contributed by atoms with Crippen LogP contribution in [0.15, 0.2) is 24.3 Å². The number of carbonyl (C=O) groups excluding carboxylic acids is 2. The molecule has 2 N–H and O–H groups in total. The predicted octanol–water partition coefficient (Wildman–Crippen LogP) is 2.19. The van der Waals surface area contributed by atoms with E-state index in [9.17, 15) is 9.59 Å². The van der Waals surface area contributed by atoms with E-state index in [4.69, 9.17) is 9.47 Å². The number of aromatic nitrogens is 2. The topological polar surface area (TPSA) is 94.5 Å². The fourth-order valence-electron chi connectivity index (χ4n) is 3.55. The number of thioether (sulfide) groups is 1. The Kier molecular flexibility index (Phi) is 6.05. The second kappa shape index (κ2) is 8.87. The van der Waals surface area contributed by atoms with Crippen molar-refractivity contribution in [2.75, 3.05) is 25.6 Å². The molecule has 2 aliphatic heterocycles. The van der Waals surface area contributed by atoms with Crippen LogP contribution < -0.4 is 15.4 Å². The molecule has 1 aromatic carbocycles. The summed E-state index contributed by atoms with van der Waals surface area (Å²) in [7, 11) is 1.53. The first-order chi connectivity index (χ1) is 14.2. The molecule has 2 amide bonds. The van der Waals surface area contributed by atoms with Crippen LogP contribution in [0.1, 0.15) is 34.5 Å². The summed E-state index contributed by atoms with van der Waals surface area (Å²) in [5.74, 6) is 2.17. The summed E-state index contributed by atoms with van der Waals surface area (Å²) in [6, 6.07) is 7.04. The highest BCUT2D eigenvalue weighted by Crippen LogP contribution is 2.35. The van der Waals surface area contributed by atoms with Gasteiger partial charge in [0.15, 0.2) is 0 Å². The third-order valence-corrected chi connectivity index (χ3v) is 6.02. The lowest BCUT2D eigenvalue weighted by molar-refractivity contribution is -0.122. The standard InChI is InChI=1S/C20H24N4O4S/c1-27-17-7-3-2-6-14(17)20(26)22-19-15-11-29-12-16(15)23-24(19)10-18(25)21-9-13-5-4-8-28-13/h2-3,6-7,13H,4-5,8-12H2,1H3,(H,21,25)(H,22,26). The lowest BCUT2D eigenvalue weighted by atomic mass is 10.2. The van der Waals surface area contributed by atoms with Gasteiger partial charge in [-0.2, -0.15) is 16.9 Å². The molecule has 154 valence electrons. The van der Waals surface area contributed by atoms with Crippen LogP contribution in [0.5, 0.6) is 5.75 Å². The van der Waals surface area contributed by atoms with Gasteiger partial charge in [-0.15, -0.1) is 0 Å². The number of anilines is 1. The highest BCUT2D eigenvalue weighted by Gasteiger charge is 2.26. The number of hydrogen-bond acceptors (Lipinski definition) is 6. The molecule has 0 bridgehead atoms. The molecule has 0 spiro atoms. The number of hydrogen-bond donors (Lipinski definition) is 2. The van der Waals surface area contributed by atoms with Crippen LogP contribution >= 0.6 is 11.8 Å². The number of para-hydroxylation sites is 1. The second-order valence-electron chi connectivity index (χ2n) is 7.02. The average molecular weight is 417 g/mol. The van der Waals surface area contributed by atoms with Crippen molar-refractivity contribution in [2.45, 2.75) is 37.0 Å². The van der Waals surface area contributed by atoms with Crippen LogP contribution in [0.3, 0.4) is 0 Å². The molecule has 0 radical (unpaired) electrons. The van der Waals surface area contributed by atoms with E-state index >= 15 is 0 Å². The molecule has 9 heteroatoms. The highest BCUT2D eigenvalue weighted by atomic mass is 32.2. The smallest absolute Gasteiger partial charge is 0.260 e. The fraction of sp³-hybridized carbons (Fsp3) is 0.450. The van der Waals surface area contributed by atoms with Crippen molar-refractivity contribution in [1.82, 2.24) is 15.1 Å². The third kappa shape index (κ3) is 4.40. The first-order valence-electron chi connectivity index (χ1n) is 9.64. The molecule has 1 unspecified atom stereocenters. The Morgan fingerprint density at radius 2 is 2.21 bits per heavy atom. The number of benzene rings is 1. The fourth-order valence-corrected chi connectivity index (χ4v) is 4.59. The number of amides is 2. The number of rotatable bonds is 7. The van der Waals surface area contributed by atoms with E-state index in [1.807, 2.05) is 6.07 Å². The van der Waals surface area contributed by atoms with Crippen LogP contribution in [0.25, 0.3) is 0 Å². The van der Waals surface area contributed by atoms with Gasteiger partial charge in [0, 0.05) is 30.2 Å². The number of ether oxygens (including phenoxy) is 2. The maximum Gasteiger partial charge on any atom is 0.260 e. The Labute approximate surface area is 173 Å². The lowest BCUT2D eigenvalue weighted by Crippen LogP contribution is -2.34. The van der Waals surface area contributed by atoms with E-state index < -0.39 is 0 Å². The Hall–Kier alpha value is -2.52. The molecule has 29 heavy (non-hydrogen) atoms. The van der Waals surface area contributed by atoms with Crippen molar-refractivity contribution >= 4 is 29.4 Å². The van der Waals surface area contributed by atoms with Gasteiger partial charge < -0.3 is 20.1 Å². The van der Waals surface area contributed by atoms with Gasteiger partial charge >= 0.3 is 0 Å². The quantitative estimate of drug-likeness (QED) is 0.719. The Morgan fingerprint density at radius 3 is 3.00 bits per heavy atom. The van der Waals surface area contributed by atoms with Crippen LogP contribution in [0.4, 0.5) is 5.82 Å². The molecule has 1 fully saturated rings. The van der Waals surface area contributed by atoms with Gasteiger partial charge in [0.25, 0.3) is 5.91 Å². The minimum Gasteiger partial charge on any atom is -0.496 e. The van der Waals surface area contributed by atoms with Crippen LogP contribution in [-0.2, 0) is 27.6 Å². The molecule has 0 saturated carbocycles. The molecule has 1 saturated heterocycles. The first kappa shape index (κ1) is 19.8. The zero-order valence-corrected chi connectivity index (χ0v) is 17.1. The summed E-state index contributed by atoms with van der Waals surface area (Å²) >= 11 is 1.74. The zero-order chi connectivity index (χ0) is 20.2. The molecule has 4 rings (SSSR count). The molecular weight excluding hydrogens is 392 g/mol. The molecular formula is C20H24N4O4S. The van der Waals surface area contributed by atoms with Crippen LogP contribution in [0, 0.1) is 0 Å². The number of nitrogens with zero attached hydrogens (tertiary/aromatic N) is 2. The molecule has 8 nitrogen and oxygen atoms in total. The van der Waals surface area contributed by atoms with Gasteiger partial charge in [0.2, 0.25) is 5.91 Å². The Bertz CT molecular complexity index is 908. The van der Waals surface area contributed by atoms with Gasteiger partial charge in [-0.05, 0) is 25.0 Å². The SMILES string of the molecule is COc1ccccc1C(=O)Nc1c2c(nn1CC(=O)NCC1CCCO1)CSC2. The molecule has 0 aliphatic carbocycles. The van der Waals surface area contributed by atoms with E-state index in [-0.39, 0.29) is 24.5 Å². The largest absolute Gasteiger partial charge is 0.496 e. The van der Waals surface area contributed by atoms with E-state index in [1.54, 1.807) is 34.6 Å². The third-order valence-electron chi connectivity index (χ3n) is 5.05. The van der Waals surface area contributed by atoms with E-state index in [0.717, 1.165) is 42.2 Å². The molecule has 3 heterocycles. The van der Waals surface area contributed by atoms with Gasteiger partial charge in [-0.1, -0.05) is 12.1 Å². The summed E-state index contributed by atoms with van der Waals surface area (Å²) in [5, 5.41) is 10.4. The van der Waals surface area contributed by atoms with Gasteiger partial charge in [0.1, 0.15) is 18.1 Å². The normalized spacial score (nSPS) is 17.8. The van der Waals surface area contributed by atoms with Crippen molar-refractivity contribution in [3.05, 3.63) is 41.1 Å². The first-order valence-corrected chi connectivity index (χ1v) is 10.8. The maximum absolute atomic E-state index is 12.9. The van der Waals surface area contributed by atoms with Crippen molar-refractivity contribution in [3.63, 3.8) is 0 Å². The summed E-state index contributed by atoms with van der Waals surface area (Å²) in [6.07, 6.45) is 2.08. The molecule has 2 aromatic rings. The van der Waals surface area contributed by atoms with Gasteiger partial charge in [0.05, 0.1) is 24.5 Å². The lowest BCUT2D eigenvalue weighted by Gasteiger charge is -2.14. The number of fused-ring (bicyclic) bond motifs is 1. The average Bonchev–Trinajstić information content (AvgIpc) is 3.46.